The van der Waals surface area contributed by atoms with Gasteiger partial charge in [-0.2, -0.15) is 8.42 Å². The third-order valence-corrected chi connectivity index (χ3v) is 5.67. The first kappa shape index (κ1) is 20.5. The summed E-state index contributed by atoms with van der Waals surface area (Å²) in [4.78, 5) is 0.0819. The highest BCUT2D eigenvalue weighted by atomic mass is 32.2. The highest BCUT2D eigenvalue weighted by Crippen LogP contribution is 2.27. The fourth-order valence-electron chi connectivity index (χ4n) is 2.85. The molecule has 3 rings (SSSR count). The van der Waals surface area contributed by atoms with Crippen LogP contribution in [0.1, 0.15) is 11.1 Å². The van der Waals surface area contributed by atoms with Crippen molar-refractivity contribution in [3.05, 3.63) is 77.9 Å². The lowest BCUT2D eigenvalue weighted by Gasteiger charge is -2.14. The maximum atomic E-state index is 12.3. The van der Waals surface area contributed by atoms with Crippen molar-refractivity contribution in [3.63, 3.8) is 0 Å². The smallest absolute Gasteiger partial charge is 0.339 e. The van der Waals surface area contributed by atoms with Crippen molar-refractivity contribution in [1.29, 1.82) is 0 Å². The molecule has 3 aromatic rings. The van der Waals surface area contributed by atoms with Gasteiger partial charge in [-0.3, -0.25) is 10.7 Å². The van der Waals surface area contributed by atoms with Crippen LogP contribution < -0.4 is 20.1 Å². The Morgan fingerprint density at radius 3 is 2.45 bits per heavy atom. The third kappa shape index (κ3) is 4.98. The van der Waals surface area contributed by atoms with E-state index >= 15 is 0 Å². The maximum absolute atomic E-state index is 12.3. The number of ether oxygens (including phenoxy) is 1. The van der Waals surface area contributed by atoms with Gasteiger partial charge in [0, 0.05) is 12.5 Å². The summed E-state index contributed by atoms with van der Waals surface area (Å²) in [6, 6.07) is 18.0. The van der Waals surface area contributed by atoms with E-state index in [9.17, 15) is 13.6 Å². The average molecular weight is 414 g/mol. The minimum Gasteiger partial charge on any atom is -0.493 e. The van der Waals surface area contributed by atoms with E-state index in [2.05, 4.69) is 5.48 Å². The molecule has 0 spiro atoms. The molecule has 0 aromatic heterocycles. The zero-order valence-electron chi connectivity index (χ0n) is 15.8. The van der Waals surface area contributed by atoms with Gasteiger partial charge in [-0.15, -0.1) is 0 Å². The largest absolute Gasteiger partial charge is 0.493 e. The molecule has 0 aliphatic heterocycles. The fraction of sp³-hybridized carbons (Fsp3) is 0.143. The summed E-state index contributed by atoms with van der Waals surface area (Å²) in [6.07, 6.45) is 0.578. The number of rotatable bonds is 8. The number of nitrogen functional groups attached to an aromatic ring is 1. The molecule has 0 atom stereocenters. The van der Waals surface area contributed by atoms with Crippen LogP contribution in [0.2, 0.25) is 0 Å². The van der Waals surface area contributed by atoms with Crippen molar-refractivity contribution in [1.82, 2.24) is 0 Å². The van der Waals surface area contributed by atoms with Gasteiger partial charge >= 0.3 is 10.1 Å². The molecule has 7 nitrogen and oxygen atoms in total. The number of hydrogen-bond acceptors (Lipinski definition) is 7. The minimum atomic E-state index is -3.91. The van der Waals surface area contributed by atoms with Crippen LogP contribution in [-0.2, 0) is 16.5 Å². The standard InChI is InChI=1S/C21H22N2O5S/c1-15-16(10-11-20(22)21(15)23-24)12-13-27-17-6-5-7-18(14-17)28-29(25,26)19-8-3-2-4-9-19/h2-11,14,23-24H,12-13,22H2,1H3. The average Bonchev–Trinajstić information content (AvgIpc) is 2.71. The number of nitrogens with one attached hydrogen (secondary N) is 1. The molecule has 0 bridgehead atoms. The molecule has 0 fully saturated rings. The zero-order chi connectivity index (χ0) is 20.9. The monoisotopic (exact) mass is 414 g/mol. The second-order valence-corrected chi connectivity index (χ2v) is 7.90. The molecule has 0 saturated carbocycles. The van der Waals surface area contributed by atoms with Crippen molar-refractivity contribution in [2.45, 2.75) is 18.2 Å². The Kier molecular flexibility index (Phi) is 6.26. The summed E-state index contributed by atoms with van der Waals surface area (Å²) in [5.41, 5.74) is 10.7. The second kappa shape index (κ2) is 8.85. The maximum Gasteiger partial charge on any atom is 0.339 e. The van der Waals surface area contributed by atoms with E-state index in [1.807, 2.05) is 13.0 Å². The van der Waals surface area contributed by atoms with Crippen LogP contribution in [-0.4, -0.2) is 20.2 Å². The molecule has 0 radical (unpaired) electrons. The molecule has 8 heteroatoms. The predicted octanol–water partition coefficient (Wildman–Crippen LogP) is 3.77. The van der Waals surface area contributed by atoms with Crippen molar-refractivity contribution < 1.29 is 22.5 Å². The molecule has 4 N–H and O–H groups in total. The van der Waals surface area contributed by atoms with Gasteiger partial charge in [0.25, 0.3) is 0 Å². The van der Waals surface area contributed by atoms with Crippen molar-refractivity contribution in [3.8, 4) is 11.5 Å². The van der Waals surface area contributed by atoms with E-state index in [0.29, 0.717) is 30.2 Å². The highest BCUT2D eigenvalue weighted by molar-refractivity contribution is 7.87. The Morgan fingerprint density at radius 2 is 1.72 bits per heavy atom. The van der Waals surface area contributed by atoms with Gasteiger partial charge in [0.2, 0.25) is 0 Å². The summed E-state index contributed by atoms with van der Waals surface area (Å²) in [5, 5.41) is 9.21. The quantitative estimate of drug-likeness (QED) is 0.292. The Hall–Kier alpha value is -3.23. The Labute approximate surface area is 169 Å². The first-order chi connectivity index (χ1) is 13.9. The molecule has 29 heavy (non-hydrogen) atoms. The molecule has 0 heterocycles. The number of nitrogens with two attached hydrogens (primary N) is 1. The first-order valence-electron chi connectivity index (χ1n) is 8.91. The molecular weight excluding hydrogens is 392 g/mol. The molecule has 0 unspecified atom stereocenters. The van der Waals surface area contributed by atoms with Crippen LogP contribution in [0, 0.1) is 6.92 Å². The van der Waals surface area contributed by atoms with Crippen LogP contribution >= 0.6 is 0 Å². The van der Waals surface area contributed by atoms with Crippen LogP contribution in [0.3, 0.4) is 0 Å². The van der Waals surface area contributed by atoms with E-state index in [1.165, 1.54) is 18.2 Å². The lowest BCUT2D eigenvalue weighted by Crippen LogP contribution is -2.10. The van der Waals surface area contributed by atoms with E-state index in [1.54, 1.807) is 42.5 Å². The number of benzene rings is 3. The van der Waals surface area contributed by atoms with Crippen molar-refractivity contribution in [2.24, 2.45) is 0 Å². The van der Waals surface area contributed by atoms with Crippen LogP contribution in [0.5, 0.6) is 11.5 Å². The summed E-state index contributed by atoms with van der Waals surface area (Å²) >= 11 is 0. The van der Waals surface area contributed by atoms with Crippen LogP contribution in [0.25, 0.3) is 0 Å². The van der Waals surface area contributed by atoms with Crippen molar-refractivity contribution in [2.75, 3.05) is 17.8 Å². The van der Waals surface area contributed by atoms with Gasteiger partial charge in [-0.1, -0.05) is 30.3 Å². The van der Waals surface area contributed by atoms with E-state index in [-0.39, 0.29) is 10.6 Å². The topological polar surface area (TPSA) is 111 Å². The van der Waals surface area contributed by atoms with E-state index in [4.69, 9.17) is 14.7 Å². The second-order valence-electron chi connectivity index (χ2n) is 6.35. The lowest BCUT2D eigenvalue weighted by atomic mass is 10.0. The van der Waals surface area contributed by atoms with Gasteiger partial charge in [-0.05, 0) is 48.4 Å². The van der Waals surface area contributed by atoms with Gasteiger partial charge in [0.1, 0.15) is 16.4 Å². The van der Waals surface area contributed by atoms with Gasteiger partial charge in [0.15, 0.2) is 0 Å². The third-order valence-electron chi connectivity index (χ3n) is 4.40. The normalized spacial score (nSPS) is 11.1. The number of hydrogen-bond donors (Lipinski definition) is 3. The summed E-state index contributed by atoms with van der Waals surface area (Å²) in [5.74, 6) is 0.654. The Morgan fingerprint density at radius 1 is 1.00 bits per heavy atom. The molecule has 0 aliphatic rings. The highest BCUT2D eigenvalue weighted by Gasteiger charge is 2.16. The van der Waals surface area contributed by atoms with E-state index < -0.39 is 10.1 Å². The van der Waals surface area contributed by atoms with Crippen LogP contribution in [0.15, 0.2) is 71.6 Å². The summed E-state index contributed by atoms with van der Waals surface area (Å²) in [7, 11) is -3.91. The number of anilines is 2. The predicted molar refractivity (Wildman–Crippen MR) is 111 cm³/mol. The van der Waals surface area contributed by atoms with Gasteiger partial charge < -0.3 is 14.7 Å². The van der Waals surface area contributed by atoms with Gasteiger partial charge in [0.05, 0.1) is 18.0 Å². The Bertz CT molecular complexity index is 1090. The lowest BCUT2D eigenvalue weighted by molar-refractivity contribution is 0.320. The first-order valence-corrected chi connectivity index (χ1v) is 10.3. The molecule has 0 saturated heterocycles. The van der Waals surface area contributed by atoms with Crippen LogP contribution in [0.4, 0.5) is 11.4 Å². The Balaban J connectivity index is 1.65. The molecule has 152 valence electrons. The van der Waals surface area contributed by atoms with E-state index in [0.717, 1.165) is 11.1 Å². The summed E-state index contributed by atoms with van der Waals surface area (Å²) in [6.45, 7) is 2.21. The van der Waals surface area contributed by atoms with Gasteiger partial charge in [-0.25, -0.2) is 0 Å². The molecular formula is C21H22N2O5S. The fourth-order valence-corrected chi connectivity index (χ4v) is 3.80. The minimum absolute atomic E-state index is 0.0819. The molecule has 0 aliphatic carbocycles. The zero-order valence-corrected chi connectivity index (χ0v) is 16.6. The van der Waals surface area contributed by atoms with Crippen molar-refractivity contribution >= 4 is 21.5 Å². The summed E-state index contributed by atoms with van der Waals surface area (Å²) < 4.78 is 35.6. The molecule has 3 aromatic carbocycles. The SMILES string of the molecule is Cc1c(CCOc2cccc(OS(=O)(=O)c3ccccc3)c2)ccc(N)c1NO. The molecule has 0 amide bonds.